The van der Waals surface area contributed by atoms with E-state index in [1.54, 1.807) is 12.5 Å². The second-order valence-electron chi connectivity index (χ2n) is 7.08. The van der Waals surface area contributed by atoms with Crippen molar-refractivity contribution in [1.29, 1.82) is 0 Å². The van der Waals surface area contributed by atoms with Crippen LogP contribution in [0, 0.1) is 5.92 Å². The molecule has 146 valence electrons. The van der Waals surface area contributed by atoms with Gasteiger partial charge in [0.25, 0.3) is 12.4 Å². The van der Waals surface area contributed by atoms with Crippen LogP contribution in [0.5, 0.6) is 0 Å². The lowest BCUT2D eigenvalue weighted by Gasteiger charge is -2.44. The van der Waals surface area contributed by atoms with Crippen LogP contribution in [0.3, 0.4) is 0 Å². The predicted molar refractivity (Wildman–Crippen MR) is 106 cm³/mol. The van der Waals surface area contributed by atoms with Gasteiger partial charge in [-0.3, -0.25) is 9.59 Å². The van der Waals surface area contributed by atoms with Crippen LogP contribution in [-0.4, -0.2) is 52.4 Å². The van der Waals surface area contributed by atoms with Crippen LogP contribution >= 0.6 is 11.5 Å². The Morgan fingerprint density at radius 2 is 2.07 bits per heavy atom. The van der Waals surface area contributed by atoms with Gasteiger partial charge in [0.05, 0.1) is 17.2 Å². The monoisotopic (exact) mass is 399 g/mol. The van der Waals surface area contributed by atoms with Gasteiger partial charge in [0, 0.05) is 23.5 Å². The maximum absolute atomic E-state index is 12.8. The molecule has 0 radical (unpaired) electrons. The number of furan rings is 1. The molecule has 1 aromatic carbocycles. The maximum atomic E-state index is 12.8. The minimum absolute atomic E-state index is 0.0407. The van der Waals surface area contributed by atoms with E-state index in [0.29, 0.717) is 11.6 Å². The number of fused-ring (bicyclic) bond motifs is 4. The molecule has 3 saturated heterocycles. The molecule has 2 N–H and O–H groups in total. The van der Waals surface area contributed by atoms with E-state index in [1.165, 1.54) is 37.5 Å². The average Bonchev–Trinajstić information content (AvgIpc) is 3.39. The number of rotatable bonds is 3. The zero-order valence-corrected chi connectivity index (χ0v) is 16.0. The fourth-order valence-corrected chi connectivity index (χ4v) is 4.89. The Bertz CT molecular complexity index is 961. The zero-order chi connectivity index (χ0) is 19.5. The highest BCUT2D eigenvalue weighted by atomic mass is 32.1. The number of hydrogen-bond acceptors (Lipinski definition) is 6. The minimum atomic E-state index is -0.250. The van der Waals surface area contributed by atoms with Crippen molar-refractivity contribution >= 4 is 34.0 Å². The van der Waals surface area contributed by atoms with Gasteiger partial charge >= 0.3 is 0 Å². The molecular formula is C20H21N3O4S. The number of carboxylic acid groups (broad SMARTS) is 1. The summed E-state index contributed by atoms with van der Waals surface area (Å²) in [5, 5.41) is 11.1. The smallest absolute Gasteiger partial charge is 0.290 e. The summed E-state index contributed by atoms with van der Waals surface area (Å²) in [4.78, 5) is 23.6. The third kappa shape index (κ3) is 3.65. The number of benzene rings is 1. The number of nitrogens with one attached hydrogen (secondary N) is 1. The van der Waals surface area contributed by atoms with Gasteiger partial charge in [-0.05, 0) is 61.1 Å². The van der Waals surface area contributed by atoms with E-state index in [4.69, 9.17) is 14.3 Å². The van der Waals surface area contributed by atoms with Crippen LogP contribution in [-0.2, 0) is 4.79 Å². The van der Waals surface area contributed by atoms with E-state index in [2.05, 4.69) is 20.7 Å². The molecule has 1 amide bonds. The molecule has 0 aliphatic carbocycles. The zero-order valence-electron chi connectivity index (χ0n) is 15.2. The van der Waals surface area contributed by atoms with Crippen molar-refractivity contribution in [2.45, 2.75) is 18.9 Å². The first-order valence-corrected chi connectivity index (χ1v) is 10.00. The van der Waals surface area contributed by atoms with Gasteiger partial charge in [-0.15, -0.1) is 0 Å². The van der Waals surface area contributed by atoms with Crippen molar-refractivity contribution in [3.05, 3.63) is 42.5 Å². The molecule has 0 spiro atoms. The van der Waals surface area contributed by atoms with Gasteiger partial charge in [0.2, 0.25) is 0 Å². The SMILES string of the molecule is O=C(N[C@@H]1CN2CCC1CC2)c1nsc2cc(-c3ccoc3)ccc12.O=CO. The molecule has 2 bridgehead atoms. The lowest BCUT2D eigenvalue weighted by atomic mass is 9.84. The molecule has 8 heteroatoms. The number of nitrogens with zero attached hydrogens (tertiary/aromatic N) is 2. The Balaban J connectivity index is 0.000000604. The highest BCUT2D eigenvalue weighted by molar-refractivity contribution is 7.13. The van der Waals surface area contributed by atoms with E-state index in [-0.39, 0.29) is 18.4 Å². The van der Waals surface area contributed by atoms with E-state index >= 15 is 0 Å². The first kappa shape index (κ1) is 18.6. The van der Waals surface area contributed by atoms with Gasteiger partial charge in [-0.25, -0.2) is 0 Å². The summed E-state index contributed by atoms with van der Waals surface area (Å²) in [6.07, 6.45) is 5.77. The van der Waals surface area contributed by atoms with Gasteiger partial charge < -0.3 is 19.7 Å². The summed E-state index contributed by atoms with van der Waals surface area (Å²) in [5.41, 5.74) is 2.66. The summed E-state index contributed by atoms with van der Waals surface area (Å²) >= 11 is 1.38. The van der Waals surface area contributed by atoms with Crippen molar-refractivity contribution in [1.82, 2.24) is 14.6 Å². The van der Waals surface area contributed by atoms with E-state index < -0.39 is 0 Å². The van der Waals surface area contributed by atoms with Crippen molar-refractivity contribution in [3.63, 3.8) is 0 Å². The van der Waals surface area contributed by atoms with Crippen LogP contribution in [0.4, 0.5) is 0 Å². The summed E-state index contributed by atoms with van der Waals surface area (Å²) in [6.45, 7) is 3.07. The van der Waals surface area contributed by atoms with Gasteiger partial charge in [0.1, 0.15) is 5.69 Å². The maximum Gasteiger partial charge on any atom is 0.290 e. The topological polar surface area (TPSA) is 95.7 Å². The molecule has 3 fully saturated rings. The molecule has 7 nitrogen and oxygen atoms in total. The highest BCUT2D eigenvalue weighted by Gasteiger charge is 2.35. The van der Waals surface area contributed by atoms with Crippen molar-refractivity contribution in [2.75, 3.05) is 19.6 Å². The first-order valence-electron chi connectivity index (χ1n) is 9.22. The van der Waals surface area contributed by atoms with Crippen LogP contribution in [0.2, 0.25) is 0 Å². The van der Waals surface area contributed by atoms with Crippen molar-refractivity contribution in [3.8, 4) is 11.1 Å². The molecule has 3 aliphatic rings. The molecule has 3 aromatic rings. The van der Waals surface area contributed by atoms with Gasteiger partial charge in [0.15, 0.2) is 0 Å². The molecular weight excluding hydrogens is 378 g/mol. The van der Waals surface area contributed by atoms with Crippen molar-refractivity contribution < 1.29 is 19.1 Å². The molecule has 6 rings (SSSR count). The second kappa shape index (κ2) is 8.12. The molecule has 5 heterocycles. The Morgan fingerprint density at radius 3 is 2.71 bits per heavy atom. The second-order valence-corrected chi connectivity index (χ2v) is 7.88. The van der Waals surface area contributed by atoms with Gasteiger partial charge in [-0.2, -0.15) is 4.37 Å². The average molecular weight is 399 g/mol. The summed E-state index contributed by atoms with van der Waals surface area (Å²) in [7, 11) is 0. The van der Waals surface area contributed by atoms with E-state index in [9.17, 15) is 4.79 Å². The molecule has 28 heavy (non-hydrogen) atoms. The molecule has 0 unspecified atom stereocenters. The van der Waals surface area contributed by atoms with Crippen LogP contribution in [0.25, 0.3) is 21.2 Å². The third-order valence-corrected chi connectivity index (χ3v) is 6.32. The fraction of sp³-hybridized carbons (Fsp3) is 0.350. The molecule has 0 saturated carbocycles. The summed E-state index contributed by atoms with van der Waals surface area (Å²) in [5.74, 6) is 0.576. The fourth-order valence-electron chi connectivity index (χ4n) is 4.07. The Kier molecular flexibility index (Phi) is 5.40. The largest absolute Gasteiger partial charge is 0.483 e. The standard InChI is InChI=1S/C19H19N3O2S.CH2O2/c23-19(20-16-10-22-6-3-12(16)4-7-22)18-15-2-1-13(9-17(15)25-21-18)14-5-8-24-11-14;2-1-3/h1-2,5,8-9,11-12,16H,3-4,6-7,10H2,(H,20,23);1H,(H,2,3)/t16-;/m1./s1. The lowest BCUT2D eigenvalue weighted by molar-refractivity contribution is -0.122. The molecule has 2 aromatic heterocycles. The number of carbonyl (C=O) groups is 2. The third-order valence-electron chi connectivity index (χ3n) is 5.51. The Morgan fingerprint density at radius 1 is 1.29 bits per heavy atom. The normalized spacial score (nSPS) is 23.1. The van der Waals surface area contributed by atoms with Gasteiger partial charge in [-0.1, -0.05) is 12.1 Å². The van der Waals surface area contributed by atoms with Crippen molar-refractivity contribution in [2.24, 2.45) is 5.92 Å². The Labute approximate surface area is 166 Å². The molecule has 1 atom stereocenters. The Hall–Kier alpha value is -2.71. The highest BCUT2D eigenvalue weighted by Crippen LogP contribution is 2.30. The number of piperidine rings is 3. The van der Waals surface area contributed by atoms with Crippen LogP contribution in [0.15, 0.2) is 41.2 Å². The number of hydrogen-bond donors (Lipinski definition) is 2. The number of amides is 1. The quantitative estimate of drug-likeness (QED) is 0.657. The summed E-state index contributed by atoms with van der Waals surface area (Å²) in [6, 6.07) is 8.28. The predicted octanol–water partition coefficient (Wildman–Crippen LogP) is 3.08. The van der Waals surface area contributed by atoms with Crippen LogP contribution in [0.1, 0.15) is 23.3 Å². The van der Waals surface area contributed by atoms with E-state index in [0.717, 1.165) is 27.8 Å². The first-order chi connectivity index (χ1) is 13.7. The van der Waals surface area contributed by atoms with E-state index in [1.807, 2.05) is 18.2 Å². The molecule has 3 aliphatic heterocycles. The van der Waals surface area contributed by atoms with Crippen LogP contribution < -0.4 is 5.32 Å². The minimum Gasteiger partial charge on any atom is -0.483 e. The number of carbonyl (C=O) groups excluding carboxylic acids is 1. The number of aromatic nitrogens is 1. The summed E-state index contributed by atoms with van der Waals surface area (Å²) < 4.78 is 10.6. The lowest BCUT2D eigenvalue weighted by Crippen LogP contribution is -2.57.